The fourth-order valence-corrected chi connectivity index (χ4v) is 4.13. The van der Waals surface area contributed by atoms with E-state index in [-0.39, 0.29) is 18.2 Å². The summed E-state index contributed by atoms with van der Waals surface area (Å²) in [6.07, 6.45) is 5.33. The van der Waals surface area contributed by atoms with Crippen LogP contribution in [0, 0.1) is 12.8 Å². The second-order valence-corrected chi connectivity index (χ2v) is 7.90. The van der Waals surface area contributed by atoms with E-state index in [2.05, 4.69) is 24.1 Å². The van der Waals surface area contributed by atoms with E-state index in [4.69, 9.17) is 0 Å². The molecule has 0 saturated carbocycles. The maximum atomic E-state index is 12.5. The van der Waals surface area contributed by atoms with Crippen molar-refractivity contribution in [3.05, 3.63) is 16.1 Å². The molecule has 2 rings (SSSR count). The maximum Gasteiger partial charge on any atom is 0.317 e. The minimum atomic E-state index is -0.379. The van der Waals surface area contributed by atoms with Crippen LogP contribution >= 0.6 is 11.3 Å². The molecule has 0 aliphatic carbocycles. The third-order valence-electron chi connectivity index (χ3n) is 4.21. The Morgan fingerprint density at radius 1 is 1.59 bits per heavy atom. The van der Waals surface area contributed by atoms with Gasteiger partial charge in [0.05, 0.1) is 17.2 Å². The standard InChI is InChI=1S/C16H27N3O2S/c1-12(2)9-16(11-20)6-4-8-19(16)15(21)17-7-5-14-18-10-13(3)22-14/h10,12,20H,4-9,11H2,1-3H3,(H,17,21)/t16-/m1/s1. The first kappa shape index (κ1) is 17.2. The number of aryl methyl sites for hydroxylation is 1. The van der Waals surface area contributed by atoms with Crippen LogP contribution in [0.3, 0.4) is 0 Å². The van der Waals surface area contributed by atoms with Crippen LogP contribution in [0.1, 0.15) is 43.0 Å². The number of aromatic nitrogens is 1. The molecule has 1 fully saturated rings. The molecule has 1 atom stereocenters. The predicted octanol–water partition coefficient (Wildman–Crippen LogP) is 2.58. The average Bonchev–Trinajstić information content (AvgIpc) is 3.05. The summed E-state index contributed by atoms with van der Waals surface area (Å²) in [5.74, 6) is 0.457. The van der Waals surface area contributed by atoms with Crippen molar-refractivity contribution in [2.45, 2.75) is 52.0 Å². The number of carbonyl (C=O) groups excluding carboxylic acids is 1. The van der Waals surface area contributed by atoms with Crippen LogP contribution in [-0.4, -0.2) is 46.3 Å². The van der Waals surface area contributed by atoms with Crippen LogP contribution in [0.5, 0.6) is 0 Å². The second-order valence-electron chi connectivity index (χ2n) is 6.58. The highest BCUT2D eigenvalue weighted by atomic mass is 32.1. The lowest BCUT2D eigenvalue weighted by Gasteiger charge is -2.38. The highest BCUT2D eigenvalue weighted by Crippen LogP contribution is 2.34. The summed E-state index contributed by atoms with van der Waals surface area (Å²) in [7, 11) is 0. The molecule has 5 nitrogen and oxygen atoms in total. The average molecular weight is 325 g/mol. The first-order valence-corrected chi connectivity index (χ1v) is 8.86. The maximum absolute atomic E-state index is 12.5. The molecule has 22 heavy (non-hydrogen) atoms. The van der Waals surface area contributed by atoms with Crippen molar-refractivity contribution in [1.29, 1.82) is 0 Å². The Kier molecular flexibility index (Phi) is 5.81. The van der Waals surface area contributed by atoms with E-state index in [9.17, 15) is 9.90 Å². The molecule has 0 unspecified atom stereocenters. The highest BCUT2D eigenvalue weighted by molar-refractivity contribution is 7.11. The summed E-state index contributed by atoms with van der Waals surface area (Å²) in [6, 6.07) is -0.0551. The largest absolute Gasteiger partial charge is 0.394 e. The lowest BCUT2D eigenvalue weighted by molar-refractivity contribution is 0.0678. The Morgan fingerprint density at radius 3 is 2.95 bits per heavy atom. The molecule has 124 valence electrons. The Morgan fingerprint density at radius 2 is 2.36 bits per heavy atom. The van der Waals surface area contributed by atoms with E-state index >= 15 is 0 Å². The molecule has 1 saturated heterocycles. The van der Waals surface area contributed by atoms with Crippen molar-refractivity contribution in [2.24, 2.45) is 5.92 Å². The minimum absolute atomic E-state index is 0.0459. The zero-order valence-corrected chi connectivity index (χ0v) is 14.6. The molecule has 1 aliphatic rings. The number of carbonyl (C=O) groups is 1. The number of nitrogens with zero attached hydrogens (tertiary/aromatic N) is 2. The van der Waals surface area contributed by atoms with E-state index in [0.717, 1.165) is 37.2 Å². The van der Waals surface area contributed by atoms with Crippen LogP contribution in [-0.2, 0) is 6.42 Å². The topological polar surface area (TPSA) is 65.5 Å². The Labute approximate surface area is 136 Å². The van der Waals surface area contributed by atoms with Crippen LogP contribution in [0.25, 0.3) is 0 Å². The number of hydrogen-bond acceptors (Lipinski definition) is 4. The van der Waals surface area contributed by atoms with Crippen LogP contribution < -0.4 is 5.32 Å². The number of aliphatic hydroxyl groups is 1. The number of likely N-dealkylation sites (tertiary alicyclic amines) is 1. The molecule has 1 aromatic rings. The van der Waals surface area contributed by atoms with Gasteiger partial charge in [0.1, 0.15) is 0 Å². The van der Waals surface area contributed by atoms with Gasteiger partial charge >= 0.3 is 6.03 Å². The lowest BCUT2D eigenvalue weighted by Crippen LogP contribution is -2.54. The quantitative estimate of drug-likeness (QED) is 0.845. The summed E-state index contributed by atoms with van der Waals surface area (Å²) < 4.78 is 0. The van der Waals surface area contributed by atoms with Gasteiger partial charge in [-0.2, -0.15) is 0 Å². The summed E-state index contributed by atoms with van der Waals surface area (Å²) in [6.45, 7) is 7.67. The summed E-state index contributed by atoms with van der Waals surface area (Å²) in [5, 5.41) is 13.9. The molecule has 2 amide bonds. The third-order valence-corrected chi connectivity index (χ3v) is 5.18. The number of hydrogen-bond donors (Lipinski definition) is 2. The number of amides is 2. The number of aliphatic hydroxyl groups excluding tert-OH is 1. The summed E-state index contributed by atoms with van der Waals surface area (Å²) >= 11 is 1.67. The normalized spacial score (nSPS) is 21.6. The monoisotopic (exact) mass is 325 g/mol. The van der Waals surface area contributed by atoms with Gasteiger partial charge in [0, 0.05) is 30.6 Å². The highest BCUT2D eigenvalue weighted by Gasteiger charge is 2.43. The van der Waals surface area contributed by atoms with Gasteiger partial charge in [-0.05, 0) is 32.1 Å². The van der Waals surface area contributed by atoms with Crippen LogP contribution in [0.15, 0.2) is 6.20 Å². The molecule has 6 heteroatoms. The molecule has 0 spiro atoms. The van der Waals surface area contributed by atoms with Gasteiger partial charge in [-0.3, -0.25) is 0 Å². The first-order valence-electron chi connectivity index (χ1n) is 8.04. The molecule has 0 radical (unpaired) electrons. The SMILES string of the molecule is Cc1cnc(CCNC(=O)N2CCC[C@]2(CO)CC(C)C)s1. The van der Waals surface area contributed by atoms with Gasteiger partial charge < -0.3 is 15.3 Å². The molecule has 2 heterocycles. The lowest BCUT2D eigenvalue weighted by atomic mass is 9.87. The van der Waals surface area contributed by atoms with Gasteiger partial charge in [-0.1, -0.05) is 13.8 Å². The molecule has 0 aromatic carbocycles. The third kappa shape index (κ3) is 3.98. The van der Waals surface area contributed by atoms with Gasteiger partial charge in [0.2, 0.25) is 0 Å². The van der Waals surface area contributed by atoms with Crippen molar-refractivity contribution in [2.75, 3.05) is 19.7 Å². The smallest absolute Gasteiger partial charge is 0.317 e. The van der Waals surface area contributed by atoms with E-state index in [1.165, 1.54) is 4.88 Å². The number of urea groups is 1. The van der Waals surface area contributed by atoms with Crippen LogP contribution in [0.4, 0.5) is 4.79 Å². The fourth-order valence-electron chi connectivity index (χ4n) is 3.35. The van der Waals surface area contributed by atoms with E-state index < -0.39 is 0 Å². The van der Waals surface area contributed by atoms with Crippen molar-refractivity contribution in [3.63, 3.8) is 0 Å². The molecule has 0 bridgehead atoms. The van der Waals surface area contributed by atoms with Gasteiger partial charge in [0.15, 0.2) is 0 Å². The molecule has 1 aromatic heterocycles. The number of thiazole rings is 1. The molecular formula is C16H27N3O2S. The van der Waals surface area contributed by atoms with Crippen molar-refractivity contribution >= 4 is 17.4 Å². The molecular weight excluding hydrogens is 298 g/mol. The second kappa shape index (κ2) is 7.42. The van der Waals surface area contributed by atoms with E-state index in [1.807, 2.05) is 18.0 Å². The van der Waals surface area contributed by atoms with E-state index in [1.54, 1.807) is 11.3 Å². The van der Waals surface area contributed by atoms with Gasteiger partial charge in [-0.15, -0.1) is 11.3 Å². The summed E-state index contributed by atoms with van der Waals surface area (Å²) in [5.41, 5.74) is -0.379. The molecule has 1 aliphatic heterocycles. The first-order chi connectivity index (χ1) is 10.5. The zero-order valence-electron chi connectivity index (χ0n) is 13.8. The fraction of sp³-hybridized carbons (Fsp3) is 0.750. The zero-order chi connectivity index (χ0) is 16.2. The van der Waals surface area contributed by atoms with Crippen molar-refractivity contribution in [3.8, 4) is 0 Å². The minimum Gasteiger partial charge on any atom is -0.394 e. The number of rotatable bonds is 6. The summed E-state index contributed by atoms with van der Waals surface area (Å²) in [4.78, 5) is 19.8. The number of nitrogens with one attached hydrogen (secondary N) is 1. The van der Waals surface area contributed by atoms with E-state index in [0.29, 0.717) is 12.5 Å². The predicted molar refractivity (Wildman–Crippen MR) is 89.2 cm³/mol. The molecule has 2 N–H and O–H groups in total. The van der Waals surface area contributed by atoms with Gasteiger partial charge in [0.25, 0.3) is 0 Å². The van der Waals surface area contributed by atoms with Gasteiger partial charge in [-0.25, -0.2) is 9.78 Å². The Balaban J connectivity index is 1.90. The van der Waals surface area contributed by atoms with Crippen LogP contribution in [0.2, 0.25) is 0 Å². The Hall–Kier alpha value is -1.14. The van der Waals surface area contributed by atoms with Crippen molar-refractivity contribution < 1.29 is 9.90 Å². The van der Waals surface area contributed by atoms with Crippen molar-refractivity contribution in [1.82, 2.24) is 15.2 Å². The Bertz CT molecular complexity index is 503.